The minimum atomic E-state index is -0.0299. The van der Waals surface area contributed by atoms with Gasteiger partial charge in [0.05, 0.1) is 11.4 Å². The second-order valence-corrected chi connectivity index (χ2v) is 7.78. The number of thioether (sulfide) groups is 1. The largest absolute Gasteiger partial charge is 0.355 e. The number of amides is 1. The lowest BCUT2D eigenvalue weighted by molar-refractivity contribution is -0.118. The van der Waals surface area contributed by atoms with E-state index in [0.29, 0.717) is 23.5 Å². The van der Waals surface area contributed by atoms with Crippen LogP contribution in [0.2, 0.25) is 0 Å². The van der Waals surface area contributed by atoms with Crippen molar-refractivity contribution in [3.63, 3.8) is 0 Å². The zero-order valence-electron chi connectivity index (χ0n) is 16.2. The van der Waals surface area contributed by atoms with Gasteiger partial charge in [-0.3, -0.25) is 14.5 Å². The molecular weight excluding hydrogens is 392 g/mol. The van der Waals surface area contributed by atoms with Gasteiger partial charge in [-0.1, -0.05) is 23.9 Å². The first-order chi connectivity index (χ1) is 13.5. The minimum absolute atomic E-state index is 0.0299. The fraction of sp³-hybridized carbons (Fsp3) is 0.368. The first kappa shape index (κ1) is 20.3. The molecule has 1 amide bonds. The Bertz CT molecular complexity index is 1020. The number of nitrogens with one attached hydrogen (secondary N) is 2. The van der Waals surface area contributed by atoms with E-state index in [1.807, 2.05) is 22.3 Å². The Morgan fingerprint density at radius 3 is 2.96 bits per heavy atom. The van der Waals surface area contributed by atoms with Crippen LogP contribution in [0.25, 0.3) is 5.69 Å². The summed E-state index contributed by atoms with van der Waals surface area (Å²) < 4.78 is 4.56. The Morgan fingerprint density at radius 1 is 1.36 bits per heavy atom. The highest BCUT2D eigenvalue weighted by atomic mass is 32.2. The molecule has 7 nitrogen and oxygen atoms in total. The number of aromatic nitrogens is 5. The standard InChI is InChI=1S/C19H24N6OS2/c1-4-24-16(22-23-18(24)27)7-8-20-17(26)12-28-19-21-9-10-25(19)15-11-13(2)5-6-14(15)3/h5-6,9-11H,4,7-8,12H2,1-3H3,(H,20,26)(H,23,27). The summed E-state index contributed by atoms with van der Waals surface area (Å²) in [5.74, 6) is 1.13. The molecule has 0 saturated carbocycles. The molecular formula is C19H24N6OS2. The molecule has 0 radical (unpaired) electrons. The molecule has 0 saturated heterocycles. The normalized spacial score (nSPS) is 11.0. The van der Waals surface area contributed by atoms with Crippen LogP contribution in [0.3, 0.4) is 0 Å². The topological polar surface area (TPSA) is 80.5 Å². The van der Waals surface area contributed by atoms with Crippen LogP contribution in [-0.4, -0.2) is 42.5 Å². The van der Waals surface area contributed by atoms with Gasteiger partial charge in [-0.2, -0.15) is 5.10 Å². The van der Waals surface area contributed by atoms with Crippen LogP contribution in [0.5, 0.6) is 0 Å². The lowest BCUT2D eigenvalue weighted by Gasteiger charge is -2.11. The number of benzene rings is 1. The van der Waals surface area contributed by atoms with Crippen LogP contribution in [0.1, 0.15) is 23.9 Å². The van der Waals surface area contributed by atoms with E-state index in [-0.39, 0.29) is 5.91 Å². The van der Waals surface area contributed by atoms with E-state index in [2.05, 4.69) is 52.5 Å². The molecule has 2 heterocycles. The fourth-order valence-electron chi connectivity index (χ4n) is 2.92. The van der Waals surface area contributed by atoms with Gasteiger partial charge >= 0.3 is 0 Å². The molecule has 0 bridgehead atoms. The van der Waals surface area contributed by atoms with Crippen molar-refractivity contribution in [2.24, 2.45) is 0 Å². The third-order valence-electron chi connectivity index (χ3n) is 4.39. The Hall–Kier alpha value is -2.39. The van der Waals surface area contributed by atoms with Crippen LogP contribution < -0.4 is 5.32 Å². The van der Waals surface area contributed by atoms with Gasteiger partial charge in [0.25, 0.3) is 0 Å². The number of carbonyl (C=O) groups is 1. The summed E-state index contributed by atoms with van der Waals surface area (Å²) in [6, 6.07) is 6.31. The maximum Gasteiger partial charge on any atom is 0.230 e. The second-order valence-electron chi connectivity index (χ2n) is 6.45. The van der Waals surface area contributed by atoms with E-state index in [1.165, 1.54) is 22.9 Å². The summed E-state index contributed by atoms with van der Waals surface area (Å²) >= 11 is 6.60. The van der Waals surface area contributed by atoms with Gasteiger partial charge in [0.15, 0.2) is 9.93 Å². The molecule has 3 rings (SSSR count). The van der Waals surface area contributed by atoms with Gasteiger partial charge < -0.3 is 9.88 Å². The maximum absolute atomic E-state index is 12.2. The van der Waals surface area contributed by atoms with Gasteiger partial charge in [0.1, 0.15) is 5.82 Å². The molecule has 28 heavy (non-hydrogen) atoms. The first-order valence-corrected chi connectivity index (χ1v) is 10.5. The van der Waals surface area contributed by atoms with E-state index in [9.17, 15) is 4.79 Å². The molecule has 0 aliphatic heterocycles. The van der Waals surface area contributed by atoms with Gasteiger partial charge in [0.2, 0.25) is 5.91 Å². The van der Waals surface area contributed by atoms with Crippen LogP contribution in [-0.2, 0) is 17.8 Å². The monoisotopic (exact) mass is 416 g/mol. The third-order valence-corrected chi connectivity index (χ3v) is 5.67. The molecule has 0 spiro atoms. The van der Waals surface area contributed by atoms with Gasteiger partial charge in [0, 0.05) is 31.9 Å². The maximum atomic E-state index is 12.2. The summed E-state index contributed by atoms with van der Waals surface area (Å²) in [4.78, 5) is 16.6. The fourth-order valence-corrected chi connectivity index (χ4v) is 4.00. The predicted molar refractivity (Wildman–Crippen MR) is 114 cm³/mol. The minimum Gasteiger partial charge on any atom is -0.355 e. The molecule has 0 unspecified atom stereocenters. The molecule has 0 aliphatic rings. The number of aryl methyl sites for hydroxylation is 2. The van der Waals surface area contributed by atoms with Crippen molar-refractivity contribution in [3.05, 3.63) is 52.3 Å². The average molecular weight is 417 g/mol. The molecule has 3 aromatic rings. The van der Waals surface area contributed by atoms with Crippen molar-refractivity contribution in [3.8, 4) is 5.69 Å². The van der Waals surface area contributed by atoms with Gasteiger partial charge in [-0.25, -0.2) is 4.98 Å². The van der Waals surface area contributed by atoms with Gasteiger partial charge in [-0.15, -0.1) is 0 Å². The summed E-state index contributed by atoms with van der Waals surface area (Å²) in [5.41, 5.74) is 3.44. The third kappa shape index (κ3) is 4.71. The Kier molecular flexibility index (Phi) is 6.69. The number of hydrogen-bond acceptors (Lipinski definition) is 5. The molecule has 9 heteroatoms. The lowest BCUT2D eigenvalue weighted by Crippen LogP contribution is -2.28. The van der Waals surface area contributed by atoms with Crippen LogP contribution >= 0.6 is 24.0 Å². The van der Waals surface area contributed by atoms with Gasteiger partial charge in [-0.05, 0) is 50.2 Å². The molecule has 0 fully saturated rings. The molecule has 1 aromatic carbocycles. The SMILES string of the molecule is CCn1c(CCNC(=O)CSc2nccn2-c2cc(C)ccc2C)n[nH]c1=S. The van der Waals surface area contributed by atoms with E-state index in [1.54, 1.807) is 6.20 Å². The number of imidazole rings is 1. The Morgan fingerprint density at radius 2 is 2.18 bits per heavy atom. The summed E-state index contributed by atoms with van der Waals surface area (Å²) in [5, 5.41) is 10.7. The quantitative estimate of drug-likeness (QED) is 0.435. The number of hydrogen-bond donors (Lipinski definition) is 2. The van der Waals surface area contributed by atoms with E-state index >= 15 is 0 Å². The number of carbonyl (C=O) groups excluding carboxylic acids is 1. The smallest absolute Gasteiger partial charge is 0.230 e. The van der Waals surface area contributed by atoms with Crippen LogP contribution in [0, 0.1) is 18.6 Å². The highest BCUT2D eigenvalue weighted by molar-refractivity contribution is 7.99. The zero-order chi connectivity index (χ0) is 20.1. The van der Waals surface area contributed by atoms with Crippen LogP contribution in [0.15, 0.2) is 35.7 Å². The number of H-pyrrole nitrogens is 1. The van der Waals surface area contributed by atoms with Crippen LogP contribution in [0.4, 0.5) is 0 Å². The first-order valence-electron chi connectivity index (χ1n) is 9.14. The highest BCUT2D eigenvalue weighted by Gasteiger charge is 2.11. The lowest BCUT2D eigenvalue weighted by atomic mass is 10.1. The van der Waals surface area contributed by atoms with Crippen molar-refractivity contribution >= 4 is 29.9 Å². The van der Waals surface area contributed by atoms with Crippen molar-refractivity contribution in [1.29, 1.82) is 0 Å². The van der Waals surface area contributed by atoms with Crippen molar-refractivity contribution < 1.29 is 4.79 Å². The molecule has 0 aliphatic carbocycles. The van der Waals surface area contributed by atoms with Crippen molar-refractivity contribution in [2.75, 3.05) is 12.3 Å². The van der Waals surface area contributed by atoms with E-state index in [0.717, 1.165) is 23.2 Å². The van der Waals surface area contributed by atoms with Crippen molar-refractivity contribution in [1.82, 2.24) is 29.6 Å². The summed E-state index contributed by atoms with van der Waals surface area (Å²) in [6.45, 7) is 7.43. The van der Waals surface area contributed by atoms with E-state index < -0.39 is 0 Å². The molecule has 0 atom stereocenters. The highest BCUT2D eigenvalue weighted by Crippen LogP contribution is 2.23. The molecule has 148 valence electrons. The summed E-state index contributed by atoms with van der Waals surface area (Å²) in [7, 11) is 0. The second kappa shape index (κ2) is 9.20. The van der Waals surface area contributed by atoms with Crippen molar-refractivity contribution in [2.45, 2.75) is 38.9 Å². The number of nitrogens with zero attached hydrogens (tertiary/aromatic N) is 4. The predicted octanol–water partition coefficient (Wildman–Crippen LogP) is 3.21. The molecule has 2 N–H and O–H groups in total. The summed E-state index contributed by atoms with van der Waals surface area (Å²) in [6.07, 6.45) is 4.32. The molecule has 2 aromatic heterocycles. The zero-order valence-corrected chi connectivity index (χ0v) is 17.9. The average Bonchev–Trinajstić information content (AvgIpc) is 3.28. The van der Waals surface area contributed by atoms with E-state index in [4.69, 9.17) is 12.2 Å². The Labute approximate surface area is 173 Å². The Balaban J connectivity index is 1.55. The number of aromatic amines is 1. The number of rotatable bonds is 8.